The van der Waals surface area contributed by atoms with Crippen LogP contribution in [0.25, 0.3) is 21.6 Å². The molecule has 5 heterocycles. The third kappa shape index (κ3) is 5.07. The molecule has 0 aliphatic carbocycles. The van der Waals surface area contributed by atoms with E-state index in [0.717, 1.165) is 41.2 Å². The predicted octanol–water partition coefficient (Wildman–Crippen LogP) is 1.16. The number of fused-ring (bicyclic) bond motifs is 1. The van der Waals surface area contributed by atoms with Crippen molar-refractivity contribution in [3.63, 3.8) is 0 Å². The summed E-state index contributed by atoms with van der Waals surface area (Å²) in [6.07, 6.45) is 4.62. The molecule has 2 aliphatic rings. The Balaban J connectivity index is 1.46. The minimum Gasteiger partial charge on any atom is -0.392 e. The summed E-state index contributed by atoms with van der Waals surface area (Å²) in [5, 5.41) is 9.52. The Kier molecular flexibility index (Phi) is 6.78. The van der Waals surface area contributed by atoms with Gasteiger partial charge in [0.2, 0.25) is 10.0 Å². The number of hydrogen-bond acceptors (Lipinski definition) is 10. The SMILES string of the molecule is CS(=O)(=O)N1CCN(Cc2cc3nc(-c4cncc(CO)c4)nc(N4CCOCC4)c3s2)CC1. The Morgan fingerprint density at radius 3 is 2.53 bits per heavy atom. The number of aromatic nitrogens is 3. The molecule has 0 bridgehead atoms. The van der Waals surface area contributed by atoms with E-state index in [4.69, 9.17) is 14.7 Å². The Morgan fingerprint density at radius 1 is 1.06 bits per heavy atom. The van der Waals surface area contributed by atoms with Gasteiger partial charge in [-0.1, -0.05) is 0 Å². The molecule has 2 saturated heterocycles. The van der Waals surface area contributed by atoms with Crippen molar-refractivity contribution in [1.82, 2.24) is 24.2 Å². The van der Waals surface area contributed by atoms with Crippen LogP contribution in [0.1, 0.15) is 10.4 Å². The summed E-state index contributed by atoms with van der Waals surface area (Å²) in [6, 6.07) is 3.98. The van der Waals surface area contributed by atoms with Crippen molar-refractivity contribution < 1.29 is 18.3 Å². The maximum atomic E-state index is 11.8. The van der Waals surface area contributed by atoms with E-state index in [1.165, 1.54) is 15.4 Å². The molecule has 0 atom stereocenters. The van der Waals surface area contributed by atoms with Crippen molar-refractivity contribution in [3.8, 4) is 11.4 Å². The number of piperazine rings is 1. The summed E-state index contributed by atoms with van der Waals surface area (Å²) in [5.41, 5.74) is 2.37. The second kappa shape index (κ2) is 9.80. The summed E-state index contributed by atoms with van der Waals surface area (Å²) < 4.78 is 31.7. The van der Waals surface area contributed by atoms with Crippen molar-refractivity contribution >= 4 is 37.4 Å². The van der Waals surface area contributed by atoms with Crippen molar-refractivity contribution in [2.24, 2.45) is 0 Å². The number of nitrogens with zero attached hydrogens (tertiary/aromatic N) is 6. The van der Waals surface area contributed by atoms with Gasteiger partial charge in [-0.15, -0.1) is 11.3 Å². The number of ether oxygens (including phenoxy) is 1. The zero-order valence-corrected chi connectivity index (χ0v) is 20.7. The number of pyridine rings is 1. The van der Waals surface area contributed by atoms with E-state index >= 15 is 0 Å². The van der Waals surface area contributed by atoms with Crippen LogP contribution in [0, 0.1) is 0 Å². The highest BCUT2D eigenvalue weighted by molar-refractivity contribution is 7.88. The van der Waals surface area contributed by atoms with Crippen LogP contribution >= 0.6 is 11.3 Å². The number of hydrogen-bond donors (Lipinski definition) is 1. The van der Waals surface area contributed by atoms with Crippen LogP contribution in [0.15, 0.2) is 24.5 Å². The van der Waals surface area contributed by atoms with E-state index in [1.807, 2.05) is 6.07 Å². The molecule has 3 aromatic rings. The molecule has 3 aromatic heterocycles. The van der Waals surface area contributed by atoms with E-state index in [0.29, 0.717) is 50.8 Å². The predicted molar refractivity (Wildman–Crippen MR) is 131 cm³/mol. The molecule has 182 valence electrons. The van der Waals surface area contributed by atoms with Gasteiger partial charge in [0.15, 0.2) is 11.6 Å². The molecule has 34 heavy (non-hydrogen) atoms. The fraction of sp³-hybridized carbons (Fsp3) is 0.500. The lowest BCUT2D eigenvalue weighted by molar-refractivity contribution is 0.122. The highest BCUT2D eigenvalue weighted by Gasteiger charge is 2.25. The molecule has 10 nitrogen and oxygen atoms in total. The largest absolute Gasteiger partial charge is 0.392 e. The third-order valence-corrected chi connectivity index (χ3v) is 8.54. The standard InChI is InChI=1S/C22H28N6O4S2/c1-34(30,31)28-4-2-26(3-5-28)14-18-11-19-20(33-18)22(27-6-8-32-9-7-27)25-21(24-19)17-10-16(15-29)12-23-13-17/h10-13,29H,2-9,14-15H2,1H3. The molecule has 0 spiro atoms. The molecule has 2 aliphatic heterocycles. The van der Waals surface area contributed by atoms with Gasteiger partial charge in [-0.25, -0.2) is 18.4 Å². The van der Waals surface area contributed by atoms with Gasteiger partial charge in [0, 0.05) is 68.6 Å². The number of rotatable bonds is 6. The lowest BCUT2D eigenvalue weighted by Crippen LogP contribution is -2.47. The molecule has 0 aromatic carbocycles. The van der Waals surface area contributed by atoms with Crippen LogP contribution in [-0.4, -0.2) is 96.4 Å². The first-order chi connectivity index (χ1) is 16.4. The van der Waals surface area contributed by atoms with Crippen LogP contribution < -0.4 is 4.90 Å². The van der Waals surface area contributed by atoms with Gasteiger partial charge in [0.05, 0.1) is 36.3 Å². The van der Waals surface area contributed by atoms with Crippen molar-refractivity contribution in [2.45, 2.75) is 13.2 Å². The summed E-state index contributed by atoms with van der Waals surface area (Å²) >= 11 is 1.69. The zero-order chi connectivity index (χ0) is 23.7. The first-order valence-electron chi connectivity index (χ1n) is 11.3. The zero-order valence-electron chi connectivity index (χ0n) is 19.1. The molecular formula is C22H28N6O4S2. The average molecular weight is 505 g/mol. The van der Waals surface area contributed by atoms with Crippen LogP contribution in [-0.2, 0) is 27.9 Å². The Hall–Kier alpha value is -2.22. The number of aliphatic hydroxyl groups excluding tert-OH is 1. The molecule has 0 radical (unpaired) electrons. The second-order valence-electron chi connectivity index (χ2n) is 8.58. The molecule has 1 N–H and O–H groups in total. The minimum atomic E-state index is -3.14. The van der Waals surface area contributed by atoms with Crippen molar-refractivity contribution in [2.75, 3.05) is 63.6 Å². The number of sulfonamides is 1. The molecule has 5 rings (SSSR count). The first-order valence-corrected chi connectivity index (χ1v) is 13.9. The van der Waals surface area contributed by atoms with Crippen LogP contribution in [0.5, 0.6) is 0 Å². The van der Waals surface area contributed by atoms with Gasteiger partial charge >= 0.3 is 0 Å². The summed E-state index contributed by atoms with van der Waals surface area (Å²) in [7, 11) is -3.14. The van der Waals surface area contributed by atoms with Crippen LogP contribution in [0.4, 0.5) is 5.82 Å². The molecule has 0 saturated carbocycles. The van der Waals surface area contributed by atoms with Crippen LogP contribution in [0.3, 0.4) is 0 Å². The Bertz CT molecular complexity index is 1270. The fourth-order valence-electron chi connectivity index (χ4n) is 4.30. The lowest BCUT2D eigenvalue weighted by atomic mass is 10.2. The summed E-state index contributed by atoms with van der Waals surface area (Å²) in [5.74, 6) is 1.48. The normalized spacial score (nSPS) is 18.6. The summed E-state index contributed by atoms with van der Waals surface area (Å²) in [4.78, 5) is 19.7. The minimum absolute atomic E-state index is 0.0887. The molecule has 0 unspecified atom stereocenters. The van der Waals surface area contributed by atoms with E-state index in [-0.39, 0.29) is 6.61 Å². The van der Waals surface area contributed by atoms with E-state index in [9.17, 15) is 13.5 Å². The number of anilines is 1. The maximum Gasteiger partial charge on any atom is 0.211 e. The van der Waals surface area contributed by atoms with Crippen LogP contribution in [0.2, 0.25) is 0 Å². The van der Waals surface area contributed by atoms with Gasteiger partial charge in [-0.2, -0.15) is 4.31 Å². The van der Waals surface area contributed by atoms with Gasteiger partial charge < -0.3 is 14.7 Å². The van der Waals surface area contributed by atoms with Gasteiger partial charge in [-0.05, 0) is 17.7 Å². The number of morpholine rings is 1. The molecule has 12 heteroatoms. The Morgan fingerprint density at radius 2 is 1.82 bits per heavy atom. The highest BCUT2D eigenvalue weighted by atomic mass is 32.2. The monoisotopic (exact) mass is 504 g/mol. The third-order valence-electron chi connectivity index (χ3n) is 6.13. The highest BCUT2D eigenvalue weighted by Crippen LogP contribution is 2.35. The molecule has 2 fully saturated rings. The topological polar surface area (TPSA) is 112 Å². The van der Waals surface area contributed by atoms with Gasteiger partial charge in [-0.3, -0.25) is 9.88 Å². The number of aliphatic hydroxyl groups is 1. The average Bonchev–Trinajstić information content (AvgIpc) is 3.26. The van der Waals surface area contributed by atoms with E-state index in [2.05, 4.69) is 20.9 Å². The second-order valence-corrected chi connectivity index (χ2v) is 11.7. The smallest absolute Gasteiger partial charge is 0.211 e. The van der Waals surface area contributed by atoms with E-state index in [1.54, 1.807) is 23.7 Å². The maximum absolute atomic E-state index is 11.8. The van der Waals surface area contributed by atoms with Gasteiger partial charge in [0.1, 0.15) is 0 Å². The first kappa shape index (κ1) is 23.5. The molecular weight excluding hydrogens is 476 g/mol. The fourth-order valence-corrected chi connectivity index (χ4v) is 6.28. The lowest BCUT2D eigenvalue weighted by Gasteiger charge is -2.32. The number of thiophene rings is 1. The van der Waals surface area contributed by atoms with Gasteiger partial charge in [0.25, 0.3) is 0 Å². The van der Waals surface area contributed by atoms with Crippen molar-refractivity contribution in [3.05, 3.63) is 35.0 Å². The van der Waals surface area contributed by atoms with Crippen molar-refractivity contribution in [1.29, 1.82) is 0 Å². The van der Waals surface area contributed by atoms with E-state index < -0.39 is 10.0 Å². The molecule has 0 amide bonds. The Labute approximate surface area is 202 Å². The quantitative estimate of drug-likeness (QED) is 0.528. The summed E-state index contributed by atoms with van der Waals surface area (Å²) in [6.45, 7) is 5.94.